The van der Waals surface area contributed by atoms with Crippen LogP contribution in [-0.4, -0.2) is 36.5 Å². The van der Waals surface area contributed by atoms with E-state index in [0.717, 1.165) is 38.4 Å². The van der Waals surface area contributed by atoms with E-state index in [9.17, 15) is 4.79 Å². The molecule has 2 aliphatic rings. The Kier molecular flexibility index (Phi) is 4.54. The van der Waals surface area contributed by atoms with Gasteiger partial charge in [0, 0.05) is 31.6 Å². The lowest BCUT2D eigenvalue weighted by atomic mass is 9.69. The predicted octanol–water partition coefficient (Wildman–Crippen LogP) is 2.66. The molecule has 0 spiro atoms. The molecule has 19 heavy (non-hydrogen) atoms. The highest BCUT2D eigenvalue weighted by atomic mass is 16.2. The van der Waals surface area contributed by atoms with Crippen molar-refractivity contribution in [3.05, 3.63) is 0 Å². The number of piperazine rings is 1. The van der Waals surface area contributed by atoms with Gasteiger partial charge in [-0.1, -0.05) is 20.8 Å². The molecule has 0 bridgehead atoms. The van der Waals surface area contributed by atoms with Crippen molar-refractivity contribution in [2.24, 2.45) is 17.3 Å². The van der Waals surface area contributed by atoms with E-state index in [4.69, 9.17) is 0 Å². The fourth-order valence-electron chi connectivity index (χ4n) is 3.60. The SMILES string of the molecule is C[C@@H]1CN(C(=O)C2CCC(C(C)(C)C)CC2)CCN1. The van der Waals surface area contributed by atoms with Crippen LogP contribution in [0, 0.1) is 17.3 Å². The summed E-state index contributed by atoms with van der Waals surface area (Å²) in [5.74, 6) is 1.50. The number of amides is 1. The number of rotatable bonds is 1. The second-order valence-corrected chi connectivity index (χ2v) is 7.55. The normalized spacial score (nSPS) is 33.3. The molecule has 0 aromatic carbocycles. The summed E-state index contributed by atoms with van der Waals surface area (Å²) < 4.78 is 0. The van der Waals surface area contributed by atoms with E-state index in [1.165, 1.54) is 12.8 Å². The maximum atomic E-state index is 12.6. The van der Waals surface area contributed by atoms with E-state index in [1.54, 1.807) is 0 Å². The molecular formula is C16H30N2O. The summed E-state index contributed by atoms with van der Waals surface area (Å²) >= 11 is 0. The van der Waals surface area contributed by atoms with Gasteiger partial charge < -0.3 is 10.2 Å². The molecule has 1 saturated carbocycles. The first-order chi connectivity index (χ1) is 8.88. The van der Waals surface area contributed by atoms with Crippen LogP contribution in [0.1, 0.15) is 53.4 Å². The average molecular weight is 266 g/mol. The molecule has 3 heteroatoms. The zero-order chi connectivity index (χ0) is 14.0. The van der Waals surface area contributed by atoms with Gasteiger partial charge in [0.1, 0.15) is 0 Å². The quantitative estimate of drug-likeness (QED) is 0.791. The van der Waals surface area contributed by atoms with Gasteiger partial charge in [0.05, 0.1) is 0 Å². The molecule has 1 N–H and O–H groups in total. The fourth-order valence-corrected chi connectivity index (χ4v) is 3.60. The monoisotopic (exact) mass is 266 g/mol. The van der Waals surface area contributed by atoms with E-state index in [1.807, 2.05) is 0 Å². The molecule has 1 aliphatic carbocycles. The van der Waals surface area contributed by atoms with E-state index in [0.29, 0.717) is 23.3 Å². The lowest BCUT2D eigenvalue weighted by molar-refractivity contribution is -0.138. The average Bonchev–Trinajstić information content (AvgIpc) is 2.37. The molecule has 2 fully saturated rings. The lowest BCUT2D eigenvalue weighted by Gasteiger charge is -2.39. The molecule has 2 rings (SSSR count). The predicted molar refractivity (Wildman–Crippen MR) is 78.9 cm³/mol. The van der Waals surface area contributed by atoms with Gasteiger partial charge in [-0.15, -0.1) is 0 Å². The second kappa shape index (κ2) is 5.82. The minimum absolute atomic E-state index is 0.295. The Hall–Kier alpha value is -0.570. The standard InChI is InChI=1S/C16H30N2O/c1-12-11-18(10-9-17-12)15(19)13-5-7-14(8-6-13)16(2,3)4/h12-14,17H,5-11H2,1-4H3/t12-,13?,14?/m1/s1. The van der Waals surface area contributed by atoms with Gasteiger partial charge in [-0.25, -0.2) is 0 Å². The first-order valence-electron chi connectivity index (χ1n) is 7.90. The van der Waals surface area contributed by atoms with Gasteiger partial charge in [0.15, 0.2) is 0 Å². The van der Waals surface area contributed by atoms with Crippen LogP contribution in [0.25, 0.3) is 0 Å². The van der Waals surface area contributed by atoms with Crippen LogP contribution in [0.4, 0.5) is 0 Å². The Bertz CT molecular complexity index is 313. The van der Waals surface area contributed by atoms with Crippen molar-refractivity contribution in [2.75, 3.05) is 19.6 Å². The fraction of sp³-hybridized carbons (Fsp3) is 0.938. The van der Waals surface area contributed by atoms with Gasteiger partial charge in [0.25, 0.3) is 0 Å². The van der Waals surface area contributed by atoms with Crippen LogP contribution in [0.15, 0.2) is 0 Å². The summed E-state index contributed by atoms with van der Waals surface area (Å²) in [4.78, 5) is 14.6. The Morgan fingerprint density at radius 3 is 2.32 bits per heavy atom. The number of hydrogen-bond acceptors (Lipinski definition) is 2. The molecule has 0 aromatic rings. The van der Waals surface area contributed by atoms with E-state index in [-0.39, 0.29) is 0 Å². The van der Waals surface area contributed by atoms with Crippen LogP contribution < -0.4 is 5.32 Å². The van der Waals surface area contributed by atoms with Gasteiger partial charge in [-0.05, 0) is 43.9 Å². The molecule has 1 atom stereocenters. The van der Waals surface area contributed by atoms with Crippen LogP contribution in [0.2, 0.25) is 0 Å². The highest BCUT2D eigenvalue weighted by molar-refractivity contribution is 5.79. The van der Waals surface area contributed by atoms with Gasteiger partial charge >= 0.3 is 0 Å². The van der Waals surface area contributed by atoms with Gasteiger partial charge in [-0.3, -0.25) is 4.79 Å². The largest absolute Gasteiger partial charge is 0.340 e. The zero-order valence-corrected chi connectivity index (χ0v) is 13.0. The van der Waals surface area contributed by atoms with E-state index < -0.39 is 0 Å². The molecule has 3 nitrogen and oxygen atoms in total. The summed E-state index contributed by atoms with van der Waals surface area (Å²) in [6.07, 6.45) is 4.64. The maximum Gasteiger partial charge on any atom is 0.225 e. The Morgan fingerprint density at radius 1 is 1.16 bits per heavy atom. The van der Waals surface area contributed by atoms with Crippen LogP contribution in [0.3, 0.4) is 0 Å². The minimum Gasteiger partial charge on any atom is -0.340 e. The summed E-state index contributed by atoms with van der Waals surface area (Å²) in [5, 5.41) is 3.40. The first kappa shape index (κ1) is 14.8. The molecule has 1 heterocycles. The smallest absolute Gasteiger partial charge is 0.225 e. The summed E-state index contributed by atoms with van der Waals surface area (Å²) in [6, 6.07) is 0.448. The molecule has 0 radical (unpaired) electrons. The molecule has 1 saturated heterocycles. The van der Waals surface area contributed by atoms with Crippen LogP contribution >= 0.6 is 0 Å². The molecule has 0 unspecified atom stereocenters. The van der Waals surface area contributed by atoms with Gasteiger partial charge in [0.2, 0.25) is 5.91 Å². The third kappa shape index (κ3) is 3.71. The number of hydrogen-bond donors (Lipinski definition) is 1. The van der Waals surface area contributed by atoms with Crippen molar-refractivity contribution in [3.8, 4) is 0 Å². The molecular weight excluding hydrogens is 236 g/mol. The molecule has 1 aliphatic heterocycles. The highest BCUT2D eigenvalue weighted by Gasteiger charge is 2.34. The van der Waals surface area contributed by atoms with Crippen LogP contribution in [-0.2, 0) is 4.79 Å². The number of carbonyl (C=O) groups excluding carboxylic acids is 1. The summed E-state index contributed by atoms with van der Waals surface area (Å²) in [6.45, 7) is 11.9. The summed E-state index contributed by atoms with van der Waals surface area (Å²) in [5.41, 5.74) is 0.400. The third-order valence-electron chi connectivity index (χ3n) is 4.98. The topological polar surface area (TPSA) is 32.3 Å². The zero-order valence-electron chi connectivity index (χ0n) is 13.0. The second-order valence-electron chi connectivity index (χ2n) is 7.55. The molecule has 110 valence electrons. The van der Waals surface area contributed by atoms with Gasteiger partial charge in [-0.2, -0.15) is 0 Å². The molecule has 1 amide bonds. The Labute approximate surface area is 118 Å². The third-order valence-corrected chi connectivity index (χ3v) is 4.98. The highest BCUT2D eigenvalue weighted by Crippen LogP contribution is 2.40. The van der Waals surface area contributed by atoms with Crippen molar-refractivity contribution in [1.29, 1.82) is 0 Å². The number of nitrogens with zero attached hydrogens (tertiary/aromatic N) is 1. The van der Waals surface area contributed by atoms with E-state index in [2.05, 4.69) is 37.9 Å². The minimum atomic E-state index is 0.295. The van der Waals surface area contributed by atoms with Crippen molar-refractivity contribution in [1.82, 2.24) is 10.2 Å². The van der Waals surface area contributed by atoms with Crippen molar-refractivity contribution in [2.45, 2.75) is 59.4 Å². The first-order valence-corrected chi connectivity index (χ1v) is 7.90. The van der Waals surface area contributed by atoms with Crippen molar-refractivity contribution < 1.29 is 4.79 Å². The molecule has 0 aromatic heterocycles. The number of carbonyl (C=O) groups is 1. The van der Waals surface area contributed by atoms with Crippen molar-refractivity contribution >= 4 is 5.91 Å². The number of nitrogens with one attached hydrogen (secondary N) is 1. The Morgan fingerprint density at radius 2 is 1.79 bits per heavy atom. The Balaban J connectivity index is 1.85. The lowest BCUT2D eigenvalue weighted by Crippen LogP contribution is -2.53. The summed E-state index contributed by atoms with van der Waals surface area (Å²) in [7, 11) is 0. The maximum absolute atomic E-state index is 12.6. The van der Waals surface area contributed by atoms with Crippen molar-refractivity contribution in [3.63, 3.8) is 0 Å². The van der Waals surface area contributed by atoms with E-state index >= 15 is 0 Å². The van der Waals surface area contributed by atoms with Crippen LogP contribution in [0.5, 0.6) is 0 Å².